The Labute approximate surface area is 102 Å². The number of hydrogen-bond acceptors (Lipinski definition) is 3. The highest BCUT2D eigenvalue weighted by Crippen LogP contribution is 2.37. The van der Waals surface area contributed by atoms with Gasteiger partial charge in [0.1, 0.15) is 12.4 Å². The Balaban J connectivity index is 2.10. The highest BCUT2D eigenvalue weighted by molar-refractivity contribution is 5.37. The largest absolute Gasteiger partial charge is 0.492 e. The van der Waals surface area contributed by atoms with Crippen molar-refractivity contribution in [1.29, 1.82) is 5.26 Å². The molecule has 1 atom stereocenters. The van der Waals surface area contributed by atoms with Crippen LogP contribution in [0.2, 0.25) is 0 Å². The zero-order chi connectivity index (χ0) is 12.1. The monoisotopic (exact) mass is 231 g/mol. The molecule has 17 heavy (non-hydrogen) atoms. The molecule has 1 unspecified atom stereocenters. The molecule has 3 nitrogen and oxygen atoms in total. The maximum atomic E-state index is 9.37. The van der Waals surface area contributed by atoms with E-state index in [-0.39, 0.29) is 6.61 Å². The Bertz CT molecular complexity index is 424. The molecule has 1 heterocycles. The lowest BCUT2D eigenvalue weighted by Crippen LogP contribution is -2.33. The number of para-hydroxylation sites is 1. The first-order valence-corrected chi connectivity index (χ1v) is 6.02. The van der Waals surface area contributed by atoms with Crippen molar-refractivity contribution in [2.45, 2.75) is 25.7 Å². The second-order valence-electron chi connectivity index (χ2n) is 4.65. The van der Waals surface area contributed by atoms with Gasteiger partial charge in [-0.3, -0.25) is 0 Å². The van der Waals surface area contributed by atoms with E-state index in [1.165, 1.54) is 0 Å². The van der Waals surface area contributed by atoms with Gasteiger partial charge >= 0.3 is 0 Å². The molecule has 0 spiro atoms. The molecule has 1 aliphatic heterocycles. The summed E-state index contributed by atoms with van der Waals surface area (Å²) in [5.74, 6) is 0.903. The van der Waals surface area contributed by atoms with E-state index in [0.717, 1.165) is 37.0 Å². The molecule has 2 rings (SSSR count). The van der Waals surface area contributed by atoms with Gasteiger partial charge in [-0.05, 0) is 37.3 Å². The van der Waals surface area contributed by atoms with Crippen LogP contribution in [0.4, 0.5) is 0 Å². The molecule has 0 aliphatic carbocycles. The summed E-state index contributed by atoms with van der Waals surface area (Å²) >= 11 is 0. The van der Waals surface area contributed by atoms with E-state index in [1.54, 1.807) is 0 Å². The van der Waals surface area contributed by atoms with Gasteiger partial charge in [-0.15, -0.1) is 0 Å². The SMILES string of the molecule is N#CC1(CCCCO)COc2ccccc2C1. The van der Waals surface area contributed by atoms with Gasteiger partial charge in [0, 0.05) is 6.61 Å². The van der Waals surface area contributed by atoms with Crippen LogP contribution in [0.25, 0.3) is 0 Å². The first-order valence-electron chi connectivity index (χ1n) is 6.02. The summed E-state index contributed by atoms with van der Waals surface area (Å²) < 4.78 is 5.68. The van der Waals surface area contributed by atoms with Gasteiger partial charge in [0.2, 0.25) is 0 Å². The van der Waals surface area contributed by atoms with Crippen molar-refractivity contribution in [3.8, 4) is 11.8 Å². The molecule has 0 radical (unpaired) electrons. The minimum Gasteiger partial charge on any atom is -0.492 e. The molecule has 3 heteroatoms. The molecule has 0 saturated heterocycles. The molecule has 1 aromatic carbocycles. The maximum Gasteiger partial charge on any atom is 0.122 e. The van der Waals surface area contributed by atoms with Crippen LogP contribution >= 0.6 is 0 Å². The van der Waals surface area contributed by atoms with Gasteiger partial charge in [0.15, 0.2) is 0 Å². The molecule has 0 amide bonds. The van der Waals surface area contributed by atoms with Crippen LogP contribution in [0.15, 0.2) is 24.3 Å². The van der Waals surface area contributed by atoms with Crippen molar-refractivity contribution in [2.75, 3.05) is 13.2 Å². The van der Waals surface area contributed by atoms with Crippen molar-refractivity contribution in [3.63, 3.8) is 0 Å². The van der Waals surface area contributed by atoms with Gasteiger partial charge in [-0.2, -0.15) is 5.26 Å². The van der Waals surface area contributed by atoms with Crippen LogP contribution in [0.1, 0.15) is 24.8 Å². The van der Waals surface area contributed by atoms with E-state index in [9.17, 15) is 5.26 Å². The third-order valence-electron chi connectivity index (χ3n) is 3.31. The van der Waals surface area contributed by atoms with E-state index >= 15 is 0 Å². The molecule has 0 aromatic heterocycles. The fourth-order valence-electron chi connectivity index (χ4n) is 2.29. The summed E-state index contributed by atoms with van der Waals surface area (Å²) in [7, 11) is 0. The van der Waals surface area contributed by atoms with Gasteiger partial charge in [-0.25, -0.2) is 0 Å². The number of benzene rings is 1. The van der Waals surface area contributed by atoms with Crippen molar-refractivity contribution in [1.82, 2.24) is 0 Å². The fraction of sp³-hybridized carbons (Fsp3) is 0.500. The first kappa shape index (κ1) is 11.9. The van der Waals surface area contributed by atoms with Crippen LogP contribution in [-0.2, 0) is 6.42 Å². The number of fused-ring (bicyclic) bond motifs is 1. The number of nitriles is 1. The average Bonchev–Trinajstić information content (AvgIpc) is 2.39. The van der Waals surface area contributed by atoms with Crippen molar-refractivity contribution in [3.05, 3.63) is 29.8 Å². The predicted octanol–water partition coefficient (Wildman–Crippen LogP) is 2.29. The van der Waals surface area contributed by atoms with Gasteiger partial charge in [0.05, 0.1) is 11.5 Å². The Morgan fingerprint density at radius 2 is 2.18 bits per heavy atom. The minimum absolute atomic E-state index is 0.193. The average molecular weight is 231 g/mol. The highest BCUT2D eigenvalue weighted by Gasteiger charge is 2.35. The topological polar surface area (TPSA) is 53.2 Å². The van der Waals surface area contributed by atoms with Gasteiger partial charge in [0.25, 0.3) is 0 Å². The molecule has 0 fully saturated rings. The lowest BCUT2D eigenvalue weighted by atomic mass is 9.78. The zero-order valence-electron chi connectivity index (χ0n) is 9.85. The summed E-state index contributed by atoms with van der Waals surface area (Å²) in [6.07, 6.45) is 3.17. The third kappa shape index (κ3) is 2.59. The lowest BCUT2D eigenvalue weighted by molar-refractivity contribution is 0.154. The molecule has 1 N–H and O–H groups in total. The summed E-state index contributed by atoms with van der Waals surface area (Å²) in [6.45, 7) is 0.658. The Hall–Kier alpha value is -1.53. The zero-order valence-corrected chi connectivity index (χ0v) is 9.85. The first-order chi connectivity index (χ1) is 8.29. The van der Waals surface area contributed by atoms with E-state index < -0.39 is 5.41 Å². The summed E-state index contributed by atoms with van der Waals surface area (Å²) in [5.41, 5.74) is 0.702. The maximum absolute atomic E-state index is 9.37. The van der Waals surface area contributed by atoms with E-state index in [1.807, 2.05) is 24.3 Å². The molecule has 0 saturated carbocycles. The summed E-state index contributed by atoms with van der Waals surface area (Å²) in [5, 5.41) is 18.2. The van der Waals surface area contributed by atoms with Crippen molar-refractivity contribution < 1.29 is 9.84 Å². The molecule has 1 aromatic rings. The van der Waals surface area contributed by atoms with Crippen LogP contribution < -0.4 is 4.74 Å². The second-order valence-corrected chi connectivity index (χ2v) is 4.65. The number of rotatable bonds is 4. The smallest absolute Gasteiger partial charge is 0.122 e. The van der Waals surface area contributed by atoms with E-state index in [0.29, 0.717) is 6.61 Å². The molecular formula is C14H17NO2. The van der Waals surface area contributed by atoms with Gasteiger partial charge < -0.3 is 9.84 Å². The highest BCUT2D eigenvalue weighted by atomic mass is 16.5. The number of aliphatic hydroxyl groups excluding tert-OH is 1. The lowest BCUT2D eigenvalue weighted by Gasteiger charge is -2.32. The number of ether oxygens (including phenoxy) is 1. The number of unbranched alkanes of at least 4 members (excludes halogenated alkanes) is 1. The normalized spacial score (nSPS) is 22.4. The van der Waals surface area contributed by atoms with Crippen LogP contribution in [-0.4, -0.2) is 18.3 Å². The molecule has 0 bridgehead atoms. The number of aliphatic hydroxyl groups is 1. The molecular weight excluding hydrogens is 214 g/mol. The Kier molecular flexibility index (Phi) is 3.65. The number of nitrogens with zero attached hydrogens (tertiary/aromatic N) is 1. The summed E-state index contributed by atoms with van der Waals surface area (Å²) in [4.78, 5) is 0. The fourth-order valence-corrected chi connectivity index (χ4v) is 2.29. The van der Waals surface area contributed by atoms with Crippen LogP contribution in [0.5, 0.6) is 5.75 Å². The predicted molar refractivity (Wildman–Crippen MR) is 64.6 cm³/mol. The molecule has 90 valence electrons. The minimum atomic E-state index is -0.413. The van der Waals surface area contributed by atoms with Crippen molar-refractivity contribution >= 4 is 0 Å². The van der Waals surface area contributed by atoms with E-state index in [4.69, 9.17) is 9.84 Å². The van der Waals surface area contributed by atoms with E-state index in [2.05, 4.69) is 6.07 Å². The van der Waals surface area contributed by atoms with Crippen molar-refractivity contribution in [2.24, 2.45) is 5.41 Å². The second kappa shape index (κ2) is 5.20. The quantitative estimate of drug-likeness (QED) is 0.809. The standard InChI is InChI=1S/C14H17NO2/c15-10-14(7-3-4-8-16)9-12-5-1-2-6-13(12)17-11-14/h1-2,5-6,16H,3-4,7-9,11H2. The molecule has 1 aliphatic rings. The Morgan fingerprint density at radius 1 is 1.35 bits per heavy atom. The van der Waals surface area contributed by atoms with Gasteiger partial charge in [-0.1, -0.05) is 18.2 Å². The third-order valence-corrected chi connectivity index (χ3v) is 3.31. The van der Waals surface area contributed by atoms with Crippen LogP contribution in [0.3, 0.4) is 0 Å². The van der Waals surface area contributed by atoms with Crippen LogP contribution in [0, 0.1) is 16.7 Å². The Morgan fingerprint density at radius 3 is 2.94 bits per heavy atom. The number of hydrogen-bond donors (Lipinski definition) is 1. The summed E-state index contributed by atoms with van der Waals surface area (Å²) in [6, 6.07) is 10.3.